The van der Waals surface area contributed by atoms with Crippen molar-refractivity contribution in [3.63, 3.8) is 0 Å². The fourth-order valence-electron chi connectivity index (χ4n) is 3.84. The van der Waals surface area contributed by atoms with Gasteiger partial charge in [0.1, 0.15) is 0 Å². The summed E-state index contributed by atoms with van der Waals surface area (Å²) in [6.45, 7) is 0. The predicted octanol–water partition coefficient (Wildman–Crippen LogP) is 7.94. The summed E-state index contributed by atoms with van der Waals surface area (Å²) in [6.07, 6.45) is 0. The van der Waals surface area contributed by atoms with Crippen LogP contribution in [0.4, 0.5) is 5.69 Å². The van der Waals surface area contributed by atoms with Gasteiger partial charge in [0.2, 0.25) is 0 Å². The third-order valence-electron chi connectivity index (χ3n) is 5.32. The zero-order chi connectivity index (χ0) is 21.5. The van der Waals surface area contributed by atoms with Crippen molar-refractivity contribution in [3.05, 3.63) is 105 Å². The quantitative estimate of drug-likeness (QED) is 0.161. The van der Waals surface area contributed by atoms with Crippen molar-refractivity contribution in [2.24, 2.45) is 0 Å². The summed E-state index contributed by atoms with van der Waals surface area (Å²) in [5.74, 6) is 0. The molecule has 4 nitrogen and oxygen atoms in total. The number of halogens is 2. The molecule has 0 amide bonds. The summed E-state index contributed by atoms with van der Waals surface area (Å²) in [5, 5.41) is 15.1. The number of nitro benzene ring substituents is 1. The van der Waals surface area contributed by atoms with Crippen molar-refractivity contribution in [3.8, 4) is 22.4 Å². The maximum atomic E-state index is 11.1. The van der Waals surface area contributed by atoms with Crippen LogP contribution >= 0.6 is 23.2 Å². The van der Waals surface area contributed by atoms with Crippen molar-refractivity contribution >= 4 is 50.6 Å². The van der Waals surface area contributed by atoms with E-state index in [1.54, 1.807) is 18.2 Å². The molecule has 0 saturated carbocycles. The monoisotopic (exact) mass is 444 g/mol. The normalized spacial score (nSPS) is 11.2. The summed E-state index contributed by atoms with van der Waals surface area (Å²) in [5.41, 5.74) is 4.04. The van der Waals surface area contributed by atoms with Crippen LogP contribution in [0.1, 0.15) is 0 Å². The topological polar surface area (TPSA) is 56.0 Å². The van der Waals surface area contributed by atoms with Crippen molar-refractivity contribution in [1.29, 1.82) is 0 Å². The molecule has 0 unspecified atom stereocenters. The zero-order valence-corrected chi connectivity index (χ0v) is 17.6. The highest BCUT2D eigenvalue weighted by Crippen LogP contribution is 2.39. The van der Waals surface area contributed by atoms with Crippen LogP contribution in [0.2, 0.25) is 10.0 Å². The van der Waals surface area contributed by atoms with Gasteiger partial charge in [0.25, 0.3) is 5.69 Å². The Morgan fingerprint density at radius 3 is 2.35 bits per heavy atom. The summed E-state index contributed by atoms with van der Waals surface area (Å²) < 4.78 is 0. The Labute approximate surface area is 187 Å². The predicted molar refractivity (Wildman–Crippen MR) is 127 cm³/mol. The first-order valence-electron chi connectivity index (χ1n) is 9.54. The Kier molecular flexibility index (Phi) is 4.81. The molecular formula is C25H14Cl2N2O2. The number of rotatable bonds is 3. The number of pyridine rings is 1. The molecule has 1 aromatic heterocycles. The number of nitro groups is 1. The fourth-order valence-corrected chi connectivity index (χ4v) is 4.23. The number of hydrogen-bond donors (Lipinski definition) is 0. The molecule has 4 aromatic carbocycles. The number of non-ortho nitro benzene ring substituents is 1. The molecular weight excluding hydrogens is 431 g/mol. The van der Waals surface area contributed by atoms with E-state index in [9.17, 15) is 10.1 Å². The first kappa shape index (κ1) is 19.5. The van der Waals surface area contributed by atoms with E-state index in [1.807, 2.05) is 42.5 Å². The maximum Gasteiger partial charge on any atom is 0.269 e. The van der Waals surface area contributed by atoms with Gasteiger partial charge in [-0.15, -0.1) is 0 Å². The zero-order valence-electron chi connectivity index (χ0n) is 16.0. The van der Waals surface area contributed by atoms with E-state index in [4.69, 9.17) is 28.2 Å². The van der Waals surface area contributed by atoms with E-state index in [-0.39, 0.29) is 5.69 Å². The van der Waals surface area contributed by atoms with Gasteiger partial charge in [-0.25, -0.2) is 4.98 Å². The van der Waals surface area contributed by atoms with Gasteiger partial charge in [-0.1, -0.05) is 65.7 Å². The highest BCUT2D eigenvalue weighted by Gasteiger charge is 2.16. The second-order valence-electron chi connectivity index (χ2n) is 7.14. The van der Waals surface area contributed by atoms with Gasteiger partial charge in [-0.2, -0.15) is 0 Å². The second kappa shape index (κ2) is 7.65. The minimum absolute atomic E-state index is 0.0464. The van der Waals surface area contributed by atoms with Gasteiger partial charge < -0.3 is 0 Å². The average Bonchev–Trinajstić information content (AvgIpc) is 2.80. The summed E-state index contributed by atoms with van der Waals surface area (Å²) in [7, 11) is 0. The van der Waals surface area contributed by atoms with Crippen LogP contribution in [-0.2, 0) is 0 Å². The molecule has 150 valence electrons. The Balaban J connectivity index is 1.86. The molecule has 0 aliphatic heterocycles. The lowest BCUT2D eigenvalue weighted by Crippen LogP contribution is -1.93. The molecule has 0 spiro atoms. The first-order valence-corrected chi connectivity index (χ1v) is 10.3. The highest BCUT2D eigenvalue weighted by atomic mass is 35.5. The van der Waals surface area contributed by atoms with Crippen molar-refractivity contribution in [2.75, 3.05) is 0 Å². The first-order chi connectivity index (χ1) is 15.0. The molecule has 0 N–H and O–H groups in total. The van der Waals surface area contributed by atoms with Crippen LogP contribution in [0.15, 0.2) is 84.9 Å². The third-order valence-corrected chi connectivity index (χ3v) is 6.13. The molecule has 0 bridgehead atoms. The SMILES string of the molecule is O=[N+]([O-])c1ccc(-c2cc(-c3cccc(Cl)c3Cl)nc3ccc4ccccc4c23)cc1. The summed E-state index contributed by atoms with van der Waals surface area (Å²) >= 11 is 12.7. The maximum absolute atomic E-state index is 11.1. The largest absolute Gasteiger partial charge is 0.269 e. The molecule has 0 aliphatic rings. The number of nitrogens with zero attached hydrogens (tertiary/aromatic N) is 2. The molecule has 0 aliphatic carbocycles. The Bertz CT molecular complexity index is 1480. The molecule has 6 heteroatoms. The molecule has 31 heavy (non-hydrogen) atoms. The number of fused-ring (bicyclic) bond motifs is 3. The van der Waals surface area contributed by atoms with Crippen LogP contribution in [-0.4, -0.2) is 9.91 Å². The lowest BCUT2D eigenvalue weighted by atomic mass is 9.94. The fraction of sp³-hybridized carbons (Fsp3) is 0. The Morgan fingerprint density at radius 2 is 1.58 bits per heavy atom. The molecule has 5 aromatic rings. The standard InChI is InChI=1S/C25H14Cl2N2O2/c26-21-7-3-6-19(25(21)27)23-14-20(16-8-11-17(12-9-16)29(30)31)24-18-5-2-1-4-15(18)10-13-22(24)28-23/h1-14H. The van der Waals surface area contributed by atoms with E-state index in [2.05, 4.69) is 12.1 Å². The van der Waals surface area contributed by atoms with Crippen LogP contribution < -0.4 is 0 Å². The Morgan fingerprint density at radius 1 is 0.806 bits per heavy atom. The van der Waals surface area contributed by atoms with Gasteiger partial charge in [0.15, 0.2) is 0 Å². The van der Waals surface area contributed by atoms with E-state index in [1.165, 1.54) is 12.1 Å². The van der Waals surface area contributed by atoms with Gasteiger partial charge >= 0.3 is 0 Å². The lowest BCUT2D eigenvalue weighted by Gasteiger charge is -2.14. The molecule has 5 rings (SSSR count). The van der Waals surface area contributed by atoms with Gasteiger partial charge in [0, 0.05) is 23.1 Å². The van der Waals surface area contributed by atoms with Gasteiger partial charge in [0.05, 0.1) is 26.2 Å². The second-order valence-corrected chi connectivity index (χ2v) is 7.93. The van der Waals surface area contributed by atoms with Gasteiger partial charge in [-0.05, 0) is 52.2 Å². The summed E-state index contributed by atoms with van der Waals surface area (Å²) in [4.78, 5) is 15.6. The molecule has 0 saturated heterocycles. The van der Waals surface area contributed by atoms with Crippen LogP contribution in [0.25, 0.3) is 44.1 Å². The van der Waals surface area contributed by atoms with E-state index >= 15 is 0 Å². The molecule has 1 heterocycles. The highest BCUT2D eigenvalue weighted by molar-refractivity contribution is 6.43. The minimum atomic E-state index is -0.402. The van der Waals surface area contributed by atoms with Crippen molar-refractivity contribution < 1.29 is 4.92 Å². The summed E-state index contributed by atoms with van der Waals surface area (Å²) in [6, 6.07) is 26.1. The van der Waals surface area contributed by atoms with E-state index in [0.29, 0.717) is 15.7 Å². The number of aromatic nitrogens is 1. The lowest BCUT2D eigenvalue weighted by molar-refractivity contribution is -0.384. The van der Waals surface area contributed by atoms with Gasteiger partial charge in [-0.3, -0.25) is 10.1 Å². The smallest absolute Gasteiger partial charge is 0.258 e. The van der Waals surface area contributed by atoms with E-state index in [0.717, 1.165) is 38.4 Å². The van der Waals surface area contributed by atoms with Crippen molar-refractivity contribution in [1.82, 2.24) is 4.98 Å². The van der Waals surface area contributed by atoms with Crippen LogP contribution in [0.5, 0.6) is 0 Å². The molecule has 0 fully saturated rings. The van der Waals surface area contributed by atoms with Crippen LogP contribution in [0, 0.1) is 10.1 Å². The molecule has 0 radical (unpaired) electrons. The number of benzene rings is 4. The van der Waals surface area contributed by atoms with E-state index < -0.39 is 4.92 Å². The third kappa shape index (κ3) is 3.40. The molecule has 0 atom stereocenters. The Hall–Kier alpha value is -3.47. The average molecular weight is 445 g/mol. The minimum Gasteiger partial charge on any atom is -0.258 e. The van der Waals surface area contributed by atoms with Crippen LogP contribution in [0.3, 0.4) is 0 Å². The van der Waals surface area contributed by atoms with Crippen molar-refractivity contribution in [2.45, 2.75) is 0 Å². The number of hydrogen-bond acceptors (Lipinski definition) is 3.